The van der Waals surface area contributed by atoms with Crippen LogP contribution in [0.5, 0.6) is 0 Å². The molecule has 74 valence electrons. The van der Waals surface area contributed by atoms with E-state index in [9.17, 15) is 4.79 Å². The van der Waals surface area contributed by atoms with Crippen molar-refractivity contribution in [2.24, 2.45) is 5.92 Å². The van der Waals surface area contributed by atoms with Crippen molar-refractivity contribution in [3.8, 4) is 12.3 Å². The third-order valence-electron chi connectivity index (χ3n) is 2.00. The van der Waals surface area contributed by atoms with Crippen LogP contribution in [0.25, 0.3) is 0 Å². The largest absolute Gasteiger partial charge is 0.480 e. The first-order valence-corrected chi connectivity index (χ1v) is 4.45. The Morgan fingerprint density at radius 3 is 3.00 bits per heavy atom. The van der Waals surface area contributed by atoms with Crippen LogP contribution >= 0.6 is 0 Å². The second kappa shape index (κ2) is 5.13. The normalized spacial score (nSPS) is 11.9. The fourth-order valence-electron chi connectivity index (χ4n) is 1.21. The first-order valence-electron chi connectivity index (χ1n) is 4.45. The van der Waals surface area contributed by atoms with Gasteiger partial charge in [-0.15, -0.1) is 6.42 Å². The number of aliphatic carboxylic acids is 1. The molecule has 1 atom stereocenters. The van der Waals surface area contributed by atoms with E-state index in [4.69, 9.17) is 15.9 Å². The molecule has 0 amide bonds. The Morgan fingerprint density at radius 1 is 1.71 bits per heavy atom. The van der Waals surface area contributed by atoms with Gasteiger partial charge in [-0.25, -0.2) is 0 Å². The molecule has 3 nitrogen and oxygen atoms in total. The standard InChI is InChI=1S/C11H12O3/c1-2-9(11(12)13)5-3-6-10-7-4-8-14-10/h1,4,7-9H,3,5-6H2,(H,12,13). The van der Waals surface area contributed by atoms with Crippen molar-refractivity contribution in [3.63, 3.8) is 0 Å². The Hall–Kier alpha value is -1.69. The summed E-state index contributed by atoms with van der Waals surface area (Å²) in [7, 11) is 0. The lowest BCUT2D eigenvalue weighted by Gasteiger charge is -2.03. The maximum atomic E-state index is 10.6. The number of carboxylic acids is 1. The highest BCUT2D eigenvalue weighted by atomic mass is 16.4. The Morgan fingerprint density at radius 2 is 2.50 bits per heavy atom. The fraction of sp³-hybridized carbons (Fsp3) is 0.364. The van der Waals surface area contributed by atoms with E-state index >= 15 is 0 Å². The van der Waals surface area contributed by atoms with Crippen LogP contribution in [0.4, 0.5) is 0 Å². The summed E-state index contributed by atoms with van der Waals surface area (Å²) >= 11 is 0. The summed E-state index contributed by atoms with van der Waals surface area (Å²) < 4.78 is 5.11. The van der Waals surface area contributed by atoms with Crippen LogP contribution in [0.15, 0.2) is 22.8 Å². The second-order valence-electron chi connectivity index (χ2n) is 3.03. The van der Waals surface area contributed by atoms with Crippen molar-refractivity contribution in [2.75, 3.05) is 0 Å². The number of rotatable bonds is 5. The molecule has 1 aromatic rings. The lowest BCUT2D eigenvalue weighted by atomic mass is 10.0. The lowest BCUT2D eigenvalue weighted by molar-refractivity contribution is -0.139. The summed E-state index contributed by atoms with van der Waals surface area (Å²) in [5, 5.41) is 8.66. The molecule has 0 saturated carbocycles. The highest BCUT2D eigenvalue weighted by Gasteiger charge is 2.13. The number of carboxylic acid groups (broad SMARTS) is 1. The van der Waals surface area contributed by atoms with Crippen molar-refractivity contribution in [3.05, 3.63) is 24.2 Å². The topological polar surface area (TPSA) is 50.4 Å². The minimum absolute atomic E-state index is 0.493. The SMILES string of the molecule is C#CC(CCCc1ccco1)C(=O)O. The molecule has 0 aliphatic carbocycles. The number of hydrogen-bond donors (Lipinski definition) is 1. The van der Waals surface area contributed by atoms with Gasteiger partial charge in [-0.1, -0.05) is 5.92 Å². The fourth-order valence-corrected chi connectivity index (χ4v) is 1.21. The molecule has 0 bridgehead atoms. The zero-order valence-corrected chi connectivity index (χ0v) is 7.77. The van der Waals surface area contributed by atoms with E-state index in [2.05, 4.69) is 5.92 Å². The number of hydrogen-bond acceptors (Lipinski definition) is 2. The van der Waals surface area contributed by atoms with Crippen molar-refractivity contribution in [2.45, 2.75) is 19.3 Å². The number of carbonyl (C=O) groups is 1. The molecule has 0 spiro atoms. The maximum absolute atomic E-state index is 10.6. The molecule has 0 aliphatic heterocycles. The van der Waals surface area contributed by atoms with Gasteiger partial charge in [0.15, 0.2) is 0 Å². The average molecular weight is 192 g/mol. The molecule has 0 aromatic carbocycles. The second-order valence-corrected chi connectivity index (χ2v) is 3.03. The van der Waals surface area contributed by atoms with Gasteiger partial charge in [-0.05, 0) is 25.0 Å². The third-order valence-corrected chi connectivity index (χ3v) is 2.00. The lowest BCUT2D eigenvalue weighted by Crippen LogP contribution is -2.11. The first-order chi connectivity index (χ1) is 6.74. The van der Waals surface area contributed by atoms with Gasteiger partial charge in [-0.3, -0.25) is 4.79 Å². The van der Waals surface area contributed by atoms with Crippen LogP contribution in [-0.4, -0.2) is 11.1 Å². The summed E-state index contributed by atoms with van der Waals surface area (Å²) in [5.41, 5.74) is 0. The molecule has 0 radical (unpaired) electrons. The van der Waals surface area contributed by atoms with Gasteiger partial charge in [-0.2, -0.15) is 0 Å². The van der Waals surface area contributed by atoms with Crippen LogP contribution in [-0.2, 0) is 11.2 Å². The van der Waals surface area contributed by atoms with Crippen LogP contribution < -0.4 is 0 Å². The summed E-state index contributed by atoms with van der Waals surface area (Å²) in [6, 6.07) is 3.68. The summed E-state index contributed by atoms with van der Waals surface area (Å²) in [4.78, 5) is 10.6. The quantitative estimate of drug-likeness (QED) is 0.725. The molecule has 0 aliphatic rings. The maximum Gasteiger partial charge on any atom is 0.318 e. The molecule has 14 heavy (non-hydrogen) atoms. The van der Waals surface area contributed by atoms with Gasteiger partial charge in [0.2, 0.25) is 0 Å². The molecule has 0 saturated heterocycles. The molecule has 3 heteroatoms. The van der Waals surface area contributed by atoms with E-state index in [1.165, 1.54) is 0 Å². The summed E-state index contributed by atoms with van der Waals surface area (Å²) in [5.74, 6) is 1.52. The van der Waals surface area contributed by atoms with Crippen LogP contribution in [0.3, 0.4) is 0 Å². The molecule has 1 unspecified atom stereocenters. The molecule has 0 fully saturated rings. The van der Waals surface area contributed by atoms with Gasteiger partial charge in [0, 0.05) is 6.42 Å². The monoisotopic (exact) mass is 192 g/mol. The Kier molecular flexibility index (Phi) is 3.81. The van der Waals surface area contributed by atoms with Gasteiger partial charge < -0.3 is 9.52 Å². The highest BCUT2D eigenvalue weighted by molar-refractivity contribution is 5.73. The van der Waals surface area contributed by atoms with E-state index in [0.29, 0.717) is 6.42 Å². The number of furan rings is 1. The molecular formula is C11H12O3. The predicted molar refractivity (Wildman–Crippen MR) is 51.6 cm³/mol. The van der Waals surface area contributed by atoms with E-state index in [1.807, 2.05) is 12.1 Å². The van der Waals surface area contributed by atoms with E-state index in [1.54, 1.807) is 6.26 Å². The highest BCUT2D eigenvalue weighted by Crippen LogP contribution is 2.10. The first kappa shape index (κ1) is 10.4. The molecule has 1 aromatic heterocycles. The van der Waals surface area contributed by atoms with Crippen LogP contribution in [0.2, 0.25) is 0 Å². The molecule has 1 N–H and O–H groups in total. The van der Waals surface area contributed by atoms with E-state index < -0.39 is 11.9 Å². The minimum Gasteiger partial charge on any atom is -0.480 e. The smallest absolute Gasteiger partial charge is 0.318 e. The van der Waals surface area contributed by atoms with Gasteiger partial charge in [0.25, 0.3) is 0 Å². The molecule has 1 heterocycles. The average Bonchev–Trinajstić information content (AvgIpc) is 2.64. The van der Waals surface area contributed by atoms with Crippen molar-refractivity contribution >= 4 is 5.97 Å². The molecule has 1 rings (SSSR count). The van der Waals surface area contributed by atoms with Gasteiger partial charge >= 0.3 is 5.97 Å². The van der Waals surface area contributed by atoms with E-state index in [0.717, 1.165) is 18.6 Å². The van der Waals surface area contributed by atoms with Gasteiger partial charge in [0.1, 0.15) is 11.7 Å². The number of aryl methyl sites for hydroxylation is 1. The van der Waals surface area contributed by atoms with Gasteiger partial charge in [0.05, 0.1) is 6.26 Å². The molecular weight excluding hydrogens is 180 g/mol. The summed E-state index contributed by atoms with van der Waals surface area (Å²) in [6.07, 6.45) is 8.64. The third kappa shape index (κ3) is 2.98. The predicted octanol–water partition coefficient (Wildman–Crippen LogP) is 1.94. The zero-order valence-electron chi connectivity index (χ0n) is 7.77. The Balaban J connectivity index is 2.28. The Labute approximate surface area is 82.7 Å². The van der Waals surface area contributed by atoms with E-state index in [-0.39, 0.29) is 0 Å². The zero-order chi connectivity index (χ0) is 10.4. The van der Waals surface area contributed by atoms with Crippen LogP contribution in [0, 0.1) is 18.3 Å². The summed E-state index contributed by atoms with van der Waals surface area (Å²) in [6.45, 7) is 0. The van der Waals surface area contributed by atoms with Crippen molar-refractivity contribution < 1.29 is 14.3 Å². The van der Waals surface area contributed by atoms with Crippen molar-refractivity contribution in [1.29, 1.82) is 0 Å². The minimum atomic E-state index is -0.924. The number of terminal acetylenes is 1. The van der Waals surface area contributed by atoms with Crippen molar-refractivity contribution in [1.82, 2.24) is 0 Å². The van der Waals surface area contributed by atoms with Crippen LogP contribution in [0.1, 0.15) is 18.6 Å². The Bertz CT molecular complexity index is 319.